The van der Waals surface area contributed by atoms with Crippen molar-refractivity contribution in [1.29, 1.82) is 0 Å². The minimum Gasteiger partial charge on any atom is -0.480 e. The van der Waals surface area contributed by atoms with Crippen LogP contribution in [0, 0.1) is 5.92 Å². The average Bonchev–Trinajstić information content (AvgIpc) is 2.29. The zero-order chi connectivity index (χ0) is 12.7. The first-order valence-electron chi connectivity index (χ1n) is 5.79. The lowest BCUT2D eigenvalue weighted by Gasteiger charge is -2.16. The molecule has 0 amide bonds. The van der Waals surface area contributed by atoms with Crippen molar-refractivity contribution in [3.05, 3.63) is 42.0 Å². The summed E-state index contributed by atoms with van der Waals surface area (Å²) in [6.07, 6.45) is 3.92. The third-order valence-corrected chi connectivity index (χ3v) is 2.50. The Labute approximate surface area is 102 Å². The summed E-state index contributed by atoms with van der Waals surface area (Å²) in [5, 5.41) is 12.0. The highest BCUT2D eigenvalue weighted by Gasteiger charge is 2.19. The molecule has 0 saturated carbocycles. The predicted octanol–water partition coefficient (Wildman–Crippen LogP) is 2.40. The molecule has 2 N–H and O–H groups in total. The van der Waals surface area contributed by atoms with Crippen molar-refractivity contribution in [2.75, 3.05) is 6.54 Å². The highest BCUT2D eigenvalue weighted by atomic mass is 16.4. The fourth-order valence-corrected chi connectivity index (χ4v) is 1.56. The Balaban J connectivity index is 2.41. The summed E-state index contributed by atoms with van der Waals surface area (Å²) in [5.74, 6) is -0.717. The van der Waals surface area contributed by atoms with Gasteiger partial charge in [0.2, 0.25) is 0 Å². The minimum absolute atomic E-state index is 0.0811. The van der Waals surface area contributed by atoms with Crippen molar-refractivity contribution >= 4 is 12.0 Å². The molecule has 0 fully saturated rings. The van der Waals surface area contributed by atoms with Crippen LogP contribution in [0.4, 0.5) is 0 Å². The van der Waals surface area contributed by atoms with Crippen LogP contribution in [-0.2, 0) is 4.79 Å². The van der Waals surface area contributed by atoms with E-state index >= 15 is 0 Å². The van der Waals surface area contributed by atoms with Crippen LogP contribution in [0.5, 0.6) is 0 Å². The summed E-state index contributed by atoms with van der Waals surface area (Å²) in [5.41, 5.74) is 1.12. The first kappa shape index (κ1) is 13.5. The quantitative estimate of drug-likeness (QED) is 0.793. The molecule has 1 aromatic rings. The molecule has 0 aliphatic heterocycles. The van der Waals surface area contributed by atoms with Crippen molar-refractivity contribution in [2.24, 2.45) is 5.92 Å². The molecule has 3 heteroatoms. The molecule has 3 nitrogen and oxygen atoms in total. The summed E-state index contributed by atoms with van der Waals surface area (Å²) >= 11 is 0. The number of rotatable bonds is 6. The van der Waals surface area contributed by atoms with Gasteiger partial charge >= 0.3 is 5.97 Å². The smallest absolute Gasteiger partial charge is 0.320 e. The van der Waals surface area contributed by atoms with E-state index in [1.807, 2.05) is 56.3 Å². The van der Waals surface area contributed by atoms with Gasteiger partial charge in [-0.05, 0) is 11.5 Å². The zero-order valence-corrected chi connectivity index (χ0v) is 10.3. The SMILES string of the molecule is CC(C)C(NC/C=C/c1ccccc1)C(=O)O. The molecule has 1 unspecified atom stereocenters. The monoisotopic (exact) mass is 233 g/mol. The summed E-state index contributed by atoms with van der Waals surface area (Å²) in [4.78, 5) is 10.9. The van der Waals surface area contributed by atoms with Crippen molar-refractivity contribution in [2.45, 2.75) is 19.9 Å². The number of hydrogen-bond acceptors (Lipinski definition) is 2. The largest absolute Gasteiger partial charge is 0.480 e. The van der Waals surface area contributed by atoms with E-state index in [1.54, 1.807) is 0 Å². The molecule has 17 heavy (non-hydrogen) atoms. The maximum atomic E-state index is 10.9. The lowest BCUT2D eigenvalue weighted by molar-refractivity contribution is -0.140. The van der Waals surface area contributed by atoms with Crippen LogP contribution in [-0.4, -0.2) is 23.7 Å². The standard InChI is InChI=1S/C14H19NO2/c1-11(2)13(14(16)17)15-10-6-9-12-7-4-3-5-8-12/h3-9,11,13,15H,10H2,1-2H3,(H,16,17)/b9-6+. The van der Waals surface area contributed by atoms with Gasteiger partial charge in [0, 0.05) is 6.54 Å². The summed E-state index contributed by atoms with van der Waals surface area (Å²) in [6.45, 7) is 4.35. The Hall–Kier alpha value is -1.61. The molecule has 0 saturated heterocycles. The first-order valence-corrected chi connectivity index (χ1v) is 5.79. The van der Waals surface area contributed by atoms with Gasteiger partial charge in [-0.25, -0.2) is 0 Å². The van der Waals surface area contributed by atoms with Crippen molar-refractivity contribution < 1.29 is 9.90 Å². The van der Waals surface area contributed by atoms with Crippen LogP contribution < -0.4 is 5.32 Å². The Bertz CT molecular complexity index is 371. The predicted molar refractivity (Wildman–Crippen MR) is 69.7 cm³/mol. The Kier molecular flexibility index (Phi) is 5.43. The molecule has 0 aromatic heterocycles. The van der Waals surface area contributed by atoms with E-state index in [9.17, 15) is 4.79 Å². The van der Waals surface area contributed by atoms with Gasteiger partial charge in [-0.15, -0.1) is 0 Å². The summed E-state index contributed by atoms with van der Waals surface area (Å²) in [6, 6.07) is 9.44. The normalized spacial score (nSPS) is 13.1. The number of nitrogens with one attached hydrogen (secondary N) is 1. The number of carboxylic acid groups (broad SMARTS) is 1. The summed E-state index contributed by atoms with van der Waals surface area (Å²) < 4.78 is 0. The van der Waals surface area contributed by atoms with Crippen molar-refractivity contribution in [3.63, 3.8) is 0 Å². The minimum atomic E-state index is -0.798. The lowest BCUT2D eigenvalue weighted by Crippen LogP contribution is -2.40. The fourth-order valence-electron chi connectivity index (χ4n) is 1.56. The van der Waals surface area contributed by atoms with E-state index < -0.39 is 12.0 Å². The molecule has 0 aliphatic carbocycles. The van der Waals surface area contributed by atoms with Crippen LogP contribution in [0.2, 0.25) is 0 Å². The van der Waals surface area contributed by atoms with E-state index in [0.717, 1.165) is 5.56 Å². The molecule has 1 atom stereocenters. The second-order valence-electron chi connectivity index (χ2n) is 4.28. The molecule has 92 valence electrons. The van der Waals surface area contributed by atoms with Crippen LogP contribution in [0.3, 0.4) is 0 Å². The van der Waals surface area contributed by atoms with Gasteiger partial charge in [0.1, 0.15) is 6.04 Å². The van der Waals surface area contributed by atoms with E-state index in [-0.39, 0.29) is 5.92 Å². The molecular formula is C14H19NO2. The van der Waals surface area contributed by atoms with E-state index in [2.05, 4.69) is 5.32 Å². The second-order valence-corrected chi connectivity index (χ2v) is 4.28. The van der Waals surface area contributed by atoms with Gasteiger partial charge in [0.15, 0.2) is 0 Å². The first-order chi connectivity index (χ1) is 8.11. The number of aliphatic carboxylic acids is 1. The molecule has 0 spiro atoms. The van der Waals surface area contributed by atoms with E-state index in [0.29, 0.717) is 6.54 Å². The average molecular weight is 233 g/mol. The topological polar surface area (TPSA) is 49.3 Å². The number of carboxylic acids is 1. The van der Waals surface area contributed by atoms with Gasteiger partial charge < -0.3 is 10.4 Å². The Morgan fingerprint density at radius 3 is 2.53 bits per heavy atom. The molecule has 0 radical (unpaired) electrons. The third-order valence-electron chi connectivity index (χ3n) is 2.50. The van der Waals surface area contributed by atoms with Gasteiger partial charge in [-0.2, -0.15) is 0 Å². The Morgan fingerprint density at radius 1 is 1.35 bits per heavy atom. The molecule has 1 aromatic carbocycles. The Morgan fingerprint density at radius 2 is 2.00 bits per heavy atom. The van der Waals surface area contributed by atoms with Crippen molar-refractivity contribution in [3.8, 4) is 0 Å². The molecular weight excluding hydrogens is 214 g/mol. The maximum absolute atomic E-state index is 10.9. The number of carbonyl (C=O) groups is 1. The lowest BCUT2D eigenvalue weighted by atomic mass is 10.1. The highest BCUT2D eigenvalue weighted by molar-refractivity contribution is 5.73. The van der Waals surface area contributed by atoms with E-state index in [4.69, 9.17) is 5.11 Å². The molecule has 1 rings (SSSR count). The molecule has 0 bridgehead atoms. The van der Waals surface area contributed by atoms with Crippen LogP contribution >= 0.6 is 0 Å². The van der Waals surface area contributed by atoms with Gasteiger partial charge in [-0.3, -0.25) is 4.79 Å². The summed E-state index contributed by atoms with van der Waals surface area (Å²) in [7, 11) is 0. The molecule has 0 aliphatic rings. The van der Waals surface area contributed by atoms with Gasteiger partial charge in [0.25, 0.3) is 0 Å². The van der Waals surface area contributed by atoms with Crippen LogP contribution in [0.25, 0.3) is 6.08 Å². The van der Waals surface area contributed by atoms with E-state index in [1.165, 1.54) is 0 Å². The number of hydrogen-bond donors (Lipinski definition) is 2. The number of benzene rings is 1. The van der Waals surface area contributed by atoms with Gasteiger partial charge in [0.05, 0.1) is 0 Å². The third kappa shape index (κ3) is 4.83. The zero-order valence-electron chi connectivity index (χ0n) is 10.3. The maximum Gasteiger partial charge on any atom is 0.320 e. The fraction of sp³-hybridized carbons (Fsp3) is 0.357. The van der Waals surface area contributed by atoms with Crippen LogP contribution in [0.15, 0.2) is 36.4 Å². The van der Waals surface area contributed by atoms with Gasteiger partial charge in [-0.1, -0.05) is 56.3 Å². The van der Waals surface area contributed by atoms with Crippen LogP contribution in [0.1, 0.15) is 19.4 Å². The second kappa shape index (κ2) is 6.86. The molecule has 0 heterocycles. The van der Waals surface area contributed by atoms with Crippen molar-refractivity contribution in [1.82, 2.24) is 5.32 Å². The highest BCUT2D eigenvalue weighted by Crippen LogP contribution is 2.02.